The first-order valence-electron chi connectivity index (χ1n) is 14.1. The second-order valence-corrected chi connectivity index (χ2v) is 11.1. The van der Waals surface area contributed by atoms with Gasteiger partial charge in [-0.25, -0.2) is 9.98 Å². The van der Waals surface area contributed by atoms with Crippen LogP contribution in [0.4, 0.5) is 11.4 Å². The molecule has 0 spiro atoms. The fourth-order valence-corrected chi connectivity index (χ4v) is 5.75. The first kappa shape index (κ1) is 24.9. The Bertz CT molecular complexity index is 1950. The molecule has 0 aromatic heterocycles. The van der Waals surface area contributed by atoms with Crippen molar-refractivity contribution in [2.45, 2.75) is 19.3 Å². The molecule has 41 heavy (non-hydrogen) atoms. The molecule has 2 heteroatoms. The van der Waals surface area contributed by atoms with E-state index in [1.807, 2.05) is 18.2 Å². The largest absolute Gasteiger partial charge is 0.246 e. The van der Waals surface area contributed by atoms with E-state index in [1.54, 1.807) is 0 Å². The molecule has 4 bridgehead atoms. The third-order valence-corrected chi connectivity index (χ3v) is 8.14. The van der Waals surface area contributed by atoms with E-state index in [4.69, 9.17) is 9.98 Å². The van der Waals surface area contributed by atoms with Gasteiger partial charge in [0.05, 0.1) is 22.8 Å². The van der Waals surface area contributed by atoms with Crippen molar-refractivity contribution in [1.82, 2.24) is 0 Å². The highest BCUT2D eigenvalue weighted by molar-refractivity contribution is 6.21. The lowest BCUT2D eigenvalue weighted by molar-refractivity contribution is 0.641. The molecule has 0 unspecified atom stereocenters. The number of para-hydroxylation sites is 2. The summed E-state index contributed by atoms with van der Waals surface area (Å²) in [6.45, 7) is 4.63. The Hall–Kier alpha value is -5.08. The average molecular weight is 527 g/mol. The Morgan fingerprint density at radius 2 is 1.00 bits per heavy atom. The molecule has 7 rings (SSSR count). The first-order chi connectivity index (χ1) is 20.1. The summed E-state index contributed by atoms with van der Waals surface area (Å²) in [5, 5.41) is 2.39. The minimum absolute atomic E-state index is 0.265. The molecule has 0 atom stereocenters. The topological polar surface area (TPSA) is 24.7 Å². The highest BCUT2D eigenvalue weighted by Gasteiger charge is 2.27. The van der Waals surface area contributed by atoms with Crippen molar-refractivity contribution in [2.24, 2.45) is 9.98 Å². The van der Waals surface area contributed by atoms with Crippen LogP contribution in [-0.2, 0) is 5.41 Å². The zero-order valence-electron chi connectivity index (χ0n) is 23.3. The minimum Gasteiger partial charge on any atom is -0.246 e. The lowest BCUT2D eigenvalue weighted by Gasteiger charge is -2.28. The van der Waals surface area contributed by atoms with Crippen LogP contribution in [0, 0.1) is 0 Å². The number of aliphatic imine (C=N–C) groups is 2. The van der Waals surface area contributed by atoms with E-state index >= 15 is 0 Å². The summed E-state index contributed by atoms with van der Waals surface area (Å²) >= 11 is 0. The zero-order valence-corrected chi connectivity index (χ0v) is 23.3. The maximum atomic E-state index is 5.42. The number of hydrogen-bond donors (Lipinski definition) is 0. The van der Waals surface area contributed by atoms with Gasteiger partial charge in [-0.1, -0.05) is 135 Å². The van der Waals surface area contributed by atoms with Crippen LogP contribution in [0.15, 0.2) is 156 Å². The molecule has 1 heterocycles. The molecular weight excluding hydrogens is 496 g/mol. The summed E-state index contributed by atoms with van der Waals surface area (Å²) in [6.07, 6.45) is 0. The second kappa shape index (κ2) is 10.1. The molecule has 1 aliphatic heterocycles. The first-order valence-corrected chi connectivity index (χ1v) is 14.1. The van der Waals surface area contributed by atoms with Gasteiger partial charge in [0.25, 0.3) is 0 Å². The lowest BCUT2D eigenvalue weighted by Crippen LogP contribution is -2.20. The van der Waals surface area contributed by atoms with Gasteiger partial charge < -0.3 is 0 Å². The molecule has 0 aliphatic carbocycles. The molecule has 0 amide bonds. The molecule has 0 fully saturated rings. The normalized spacial score (nSPS) is 14.1. The predicted molar refractivity (Wildman–Crippen MR) is 172 cm³/mol. The third-order valence-electron chi connectivity index (χ3n) is 8.14. The fourth-order valence-electron chi connectivity index (χ4n) is 5.75. The van der Waals surface area contributed by atoms with Gasteiger partial charge in [-0.2, -0.15) is 0 Å². The highest BCUT2D eigenvalue weighted by Crippen LogP contribution is 2.38. The molecular formula is C39H30N2. The van der Waals surface area contributed by atoms with Crippen molar-refractivity contribution >= 4 is 33.6 Å². The minimum atomic E-state index is -0.265. The summed E-state index contributed by atoms with van der Waals surface area (Å²) in [5.74, 6) is 0. The molecule has 0 saturated carbocycles. The van der Waals surface area contributed by atoms with Crippen molar-refractivity contribution in [1.29, 1.82) is 0 Å². The number of hydrogen-bond acceptors (Lipinski definition) is 2. The molecule has 0 radical (unpaired) electrons. The second-order valence-electron chi connectivity index (χ2n) is 11.1. The summed E-state index contributed by atoms with van der Waals surface area (Å²) in [6, 6.07) is 51.4. The van der Waals surface area contributed by atoms with Gasteiger partial charge in [-0.05, 0) is 46.2 Å². The maximum Gasteiger partial charge on any atom is 0.0894 e. The molecule has 0 N–H and O–H groups in total. The Kier molecular flexibility index (Phi) is 6.17. The lowest BCUT2D eigenvalue weighted by atomic mass is 9.75. The summed E-state index contributed by atoms with van der Waals surface area (Å²) in [5.41, 5.74) is 10.1. The van der Waals surface area contributed by atoms with Crippen molar-refractivity contribution in [3.05, 3.63) is 179 Å². The highest BCUT2D eigenvalue weighted by atomic mass is 14.8. The van der Waals surface area contributed by atoms with Crippen LogP contribution in [0.3, 0.4) is 0 Å². The number of nitrogens with zero attached hydrogens (tertiary/aromatic N) is 2. The predicted octanol–water partition coefficient (Wildman–Crippen LogP) is 9.82. The zero-order chi connectivity index (χ0) is 27.8. The van der Waals surface area contributed by atoms with Crippen LogP contribution in [0.5, 0.6) is 0 Å². The van der Waals surface area contributed by atoms with Crippen molar-refractivity contribution in [2.75, 3.05) is 0 Å². The van der Waals surface area contributed by atoms with Gasteiger partial charge in [0, 0.05) is 27.7 Å². The van der Waals surface area contributed by atoms with Crippen LogP contribution in [0.25, 0.3) is 10.8 Å². The average Bonchev–Trinajstić information content (AvgIpc) is 3.03. The van der Waals surface area contributed by atoms with E-state index in [9.17, 15) is 0 Å². The number of rotatable bonds is 2. The monoisotopic (exact) mass is 526 g/mol. The molecule has 2 nitrogen and oxygen atoms in total. The maximum absolute atomic E-state index is 5.42. The molecule has 196 valence electrons. The Labute approximate surface area is 241 Å². The van der Waals surface area contributed by atoms with Gasteiger partial charge in [0.2, 0.25) is 0 Å². The van der Waals surface area contributed by atoms with E-state index in [1.165, 1.54) is 21.9 Å². The van der Waals surface area contributed by atoms with Gasteiger partial charge in [0.1, 0.15) is 0 Å². The van der Waals surface area contributed by atoms with Crippen LogP contribution < -0.4 is 0 Å². The molecule has 6 aromatic carbocycles. The smallest absolute Gasteiger partial charge is 0.0894 e. The van der Waals surface area contributed by atoms with Crippen LogP contribution in [0.1, 0.15) is 47.2 Å². The fraction of sp³-hybridized carbons (Fsp3) is 0.0769. The van der Waals surface area contributed by atoms with E-state index in [0.29, 0.717) is 0 Å². The van der Waals surface area contributed by atoms with Crippen LogP contribution in [0.2, 0.25) is 0 Å². The van der Waals surface area contributed by atoms with Gasteiger partial charge in [-0.15, -0.1) is 0 Å². The van der Waals surface area contributed by atoms with Gasteiger partial charge in [-0.3, -0.25) is 0 Å². The summed E-state index contributed by atoms with van der Waals surface area (Å²) in [4.78, 5) is 10.7. The standard InChI is InChI=1S/C39H30N2/c1-39(2)31-20-13-19-30(25-31)37(27-14-5-3-6-15-27)40-35-22-11-12-23-36(35)41-38(28-16-7-4-8-17-28)34-26-32(39)24-29-18-9-10-21-33(29)34/h3-26H,1-2H3. The Morgan fingerprint density at radius 3 is 1.71 bits per heavy atom. The van der Waals surface area contributed by atoms with E-state index < -0.39 is 0 Å². The van der Waals surface area contributed by atoms with E-state index in [-0.39, 0.29) is 5.41 Å². The SMILES string of the molecule is CC1(C)c2cccc(c2)C(c2ccccc2)=Nc2ccccc2N=C(c2ccccc2)c2cc1cc1ccccc21. The van der Waals surface area contributed by atoms with Crippen LogP contribution >= 0.6 is 0 Å². The van der Waals surface area contributed by atoms with Gasteiger partial charge in [0.15, 0.2) is 0 Å². The summed E-state index contributed by atoms with van der Waals surface area (Å²) in [7, 11) is 0. The quantitative estimate of drug-likeness (QED) is 0.214. The molecule has 6 aromatic rings. The van der Waals surface area contributed by atoms with Crippen molar-refractivity contribution in [3.63, 3.8) is 0 Å². The van der Waals surface area contributed by atoms with E-state index in [0.717, 1.165) is 45.1 Å². The van der Waals surface area contributed by atoms with Crippen LogP contribution in [-0.4, -0.2) is 11.4 Å². The number of fused-ring (bicyclic) bond motifs is 7. The molecule has 0 saturated heterocycles. The van der Waals surface area contributed by atoms with Crippen molar-refractivity contribution < 1.29 is 0 Å². The number of benzene rings is 6. The molecule has 1 aliphatic rings. The third kappa shape index (κ3) is 4.58. The van der Waals surface area contributed by atoms with E-state index in [2.05, 4.69) is 141 Å². The summed E-state index contributed by atoms with van der Waals surface area (Å²) < 4.78 is 0. The van der Waals surface area contributed by atoms with Gasteiger partial charge >= 0.3 is 0 Å². The Morgan fingerprint density at radius 1 is 0.439 bits per heavy atom. The van der Waals surface area contributed by atoms with Crippen molar-refractivity contribution in [3.8, 4) is 0 Å². The Balaban J connectivity index is 1.63.